The van der Waals surface area contributed by atoms with Gasteiger partial charge in [-0.1, -0.05) is 170 Å². The van der Waals surface area contributed by atoms with Crippen molar-refractivity contribution >= 4 is 17.1 Å². The van der Waals surface area contributed by atoms with Crippen molar-refractivity contribution in [2.75, 3.05) is 4.90 Å². The first-order chi connectivity index (χ1) is 24.8. The van der Waals surface area contributed by atoms with Gasteiger partial charge in [0.1, 0.15) is 0 Å². The van der Waals surface area contributed by atoms with E-state index in [0.717, 1.165) is 17.1 Å². The number of hydrogen-bond donors (Lipinski definition) is 0. The molecule has 0 spiro atoms. The lowest BCUT2D eigenvalue weighted by Crippen LogP contribution is -2.28. The van der Waals surface area contributed by atoms with E-state index < -0.39 is 5.41 Å². The summed E-state index contributed by atoms with van der Waals surface area (Å²) in [6, 6.07) is 77.0. The molecule has 0 N–H and O–H groups in total. The minimum Gasteiger partial charge on any atom is -0.311 e. The summed E-state index contributed by atoms with van der Waals surface area (Å²) in [7, 11) is 0. The summed E-state index contributed by atoms with van der Waals surface area (Å²) in [4.78, 5) is 2.33. The Kier molecular flexibility index (Phi) is 7.44. The number of rotatable bonds is 7. The van der Waals surface area contributed by atoms with E-state index in [2.05, 4.69) is 217 Å². The quantitative estimate of drug-likeness (QED) is 0.168. The Hall–Kier alpha value is -6.44. The summed E-state index contributed by atoms with van der Waals surface area (Å²) in [5, 5.41) is 0. The molecule has 0 atom stereocenters. The highest BCUT2D eigenvalue weighted by atomic mass is 15.1. The molecule has 0 unspecified atom stereocenters. The maximum absolute atomic E-state index is 2.43. The van der Waals surface area contributed by atoms with Crippen molar-refractivity contribution in [3.05, 3.63) is 235 Å². The largest absolute Gasteiger partial charge is 0.311 e. The predicted molar refractivity (Wildman–Crippen MR) is 209 cm³/mol. The average Bonchev–Trinajstić information content (AvgIpc) is 3.50. The molecule has 0 saturated carbocycles. The molecule has 0 fully saturated rings. The van der Waals surface area contributed by atoms with Crippen molar-refractivity contribution < 1.29 is 0 Å². The highest BCUT2D eigenvalue weighted by Crippen LogP contribution is 2.56. The summed E-state index contributed by atoms with van der Waals surface area (Å²) in [5.41, 5.74) is 15.6. The number of nitrogens with zero attached hydrogens (tertiary/aromatic N) is 1. The van der Waals surface area contributed by atoms with Crippen LogP contribution < -0.4 is 4.90 Å². The van der Waals surface area contributed by atoms with E-state index in [0.29, 0.717) is 0 Å². The van der Waals surface area contributed by atoms with E-state index >= 15 is 0 Å². The molecule has 0 bridgehead atoms. The van der Waals surface area contributed by atoms with Crippen LogP contribution in [-0.2, 0) is 5.41 Å². The summed E-state index contributed by atoms with van der Waals surface area (Å²) in [6.45, 7) is 0. The van der Waals surface area contributed by atoms with Gasteiger partial charge in [-0.15, -0.1) is 0 Å². The molecule has 236 valence electrons. The van der Waals surface area contributed by atoms with Crippen LogP contribution in [-0.4, -0.2) is 0 Å². The number of fused-ring (bicyclic) bond motifs is 3. The lowest BCUT2D eigenvalue weighted by Gasteiger charge is -2.34. The molecular weight excluding hydrogens is 603 g/mol. The van der Waals surface area contributed by atoms with Gasteiger partial charge in [0.15, 0.2) is 0 Å². The van der Waals surface area contributed by atoms with Crippen LogP contribution in [0, 0.1) is 0 Å². The Morgan fingerprint density at radius 1 is 0.280 bits per heavy atom. The second-order valence-electron chi connectivity index (χ2n) is 12.9. The van der Waals surface area contributed by atoms with Crippen molar-refractivity contribution in [2.24, 2.45) is 0 Å². The number of benzene rings is 8. The summed E-state index contributed by atoms with van der Waals surface area (Å²) in [5.74, 6) is 0. The molecule has 0 radical (unpaired) electrons. The van der Waals surface area contributed by atoms with Crippen LogP contribution in [0.25, 0.3) is 33.4 Å². The van der Waals surface area contributed by atoms with Crippen LogP contribution in [0.4, 0.5) is 17.1 Å². The fraction of sp³-hybridized carbons (Fsp3) is 0.0204. The van der Waals surface area contributed by atoms with E-state index in [9.17, 15) is 0 Å². The third-order valence-electron chi connectivity index (χ3n) is 10.2. The van der Waals surface area contributed by atoms with Crippen molar-refractivity contribution in [3.63, 3.8) is 0 Å². The van der Waals surface area contributed by atoms with Gasteiger partial charge in [-0.05, 0) is 98.1 Å². The molecule has 1 heteroatoms. The molecule has 8 aromatic rings. The lowest BCUT2D eigenvalue weighted by atomic mass is 9.67. The van der Waals surface area contributed by atoms with Crippen molar-refractivity contribution in [2.45, 2.75) is 5.41 Å². The van der Waals surface area contributed by atoms with Gasteiger partial charge in [-0.3, -0.25) is 0 Å². The third kappa shape index (κ3) is 4.95. The van der Waals surface area contributed by atoms with Gasteiger partial charge in [-0.2, -0.15) is 0 Å². The first kappa shape index (κ1) is 29.7. The van der Waals surface area contributed by atoms with Gasteiger partial charge in [0.2, 0.25) is 0 Å². The molecule has 0 heterocycles. The maximum atomic E-state index is 2.43. The zero-order valence-electron chi connectivity index (χ0n) is 27.7. The normalized spacial score (nSPS) is 12.6. The second-order valence-corrected chi connectivity index (χ2v) is 12.9. The maximum Gasteiger partial charge on any atom is 0.0713 e. The Bertz CT molecular complexity index is 2340. The Labute approximate surface area is 294 Å². The van der Waals surface area contributed by atoms with E-state index in [1.807, 2.05) is 0 Å². The average molecular weight is 638 g/mol. The Morgan fingerprint density at radius 3 is 1.26 bits per heavy atom. The molecule has 0 aliphatic heterocycles. The smallest absolute Gasteiger partial charge is 0.0713 e. The molecule has 0 amide bonds. The van der Waals surface area contributed by atoms with E-state index in [1.54, 1.807) is 0 Å². The minimum atomic E-state index is -0.416. The van der Waals surface area contributed by atoms with Gasteiger partial charge in [-0.25, -0.2) is 0 Å². The zero-order valence-corrected chi connectivity index (χ0v) is 27.7. The van der Waals surface area contributed by atoms with Gasteiger partial charge in [0.25, 0.3) is 0 Å². The van der Waals surface area contributed by atoms with Crippen molar-refractivity contribution in [1.29, 1.82) is 0 Å². The van der Waals surface area contributed by atoms with Crippen LogP contribution in [0.2, 0.25) is 0 Å². The molecule has 1 aliphatic carbocycles. The second kappa shape index (κ2) is 12.5. The minimum absolute atomic E-state index is 0.416. The number of anilines is 3. The van der Waals surface area contributed by atoms with Crippen LogP contribution in [0.5, 0.6) is 0 Å². The SMILES string of the molecule is c1ccc(-c2ccc(N(c3ccccc3)c3ccc(-c4ccc5c(c4)C(c4ccccc4)(c4ccccc4)c4ccccc4-5)cc3)cc2)cc1. The molecule has 0 aromatic heterocycles. The standard InChI is InChI=1S/C49H35N/c1-5-15-36(16-6-1)37-25-30-43(31-26-37)50(42-21-11-4-12-22-42)44-32-27-38(28-33-44)39-29-34-46-45-23-13-14-24-47(45)49(48(46)35-39,40-17-7-2-8-18-40)41-19-9-3-10-20-41/h1-35H. The molecule has 8 aromatic carbocycles. The third-order valence-corrected chi connectivity index (χ3v) is 10.2. The van der Waals surface area contributed by atoms with Gasteiger partial charge in [0, 0.05) is 17.1 Å². The number of hydrogen-bond acceptors (Lipinski definition) is 1. The first-order valence-electron chi connectivity index (χ1n) is 17.3. The molecule has 1 nitrogen and oxygen atoms in total. The van der Waals surface area contributed by atoms with Crippen LogP contribution in [0.1, 0.15) is 22.3 Å². The van der Waals surface area contributed by atoms with E-state index in [1.165, 1.54) is 55.6 Å². The Balaban J connectivity index is 1.14. The lowest BCUT2D eigenvalue weighted by molar-refractivity contribution is 0.769. The van der Waals surface area contributed by atoms with Gasteiger partial charge < -0.3 is 4.90 Å². The predicted octanol–water partition coefficient (Wildman–Crippen LogP) is 12.9. The topological polar surface area (TPSA) is 3.24 Å². The summed E-state index contributed by atoms with van der Waals surface area (Å²) >= 11 is 0. The highest BCUT2D eigenvalue weighted by molar-refractivity contribution is 5.89. The van der Waals surface area contributed by atoms with Crippen molar-refractivity contribution in [1.82, 2.24) is 0 Å². The number of para-hydroxylation sites is 1. The first-order valence-corrected chi connectivity index (χ1v) is 17.3. The zero-order chi connectivity index (χ0) is 33.3. The van der Waals surface area contributed by atoms with Gasteiger partial charge >= 0.3 is 0 Å². The van der Waals surface area contributed by atoms with Crippen LogP contribution in [0.15, 0.2) is 212 Å². The molecular formula is C49H35N. The summed E-state index contributed by atoms with van der Waals surface area (Å²) in [6.07, 6.45) is 0. The monoisotopic (exact) mass is 637 g/mol. The molecule has 50 heavy (non-hydrogen) atoms. The van der Waals surface area contributed by atoms with E-state index in [4.69, 9.17) is 0 Å². The van der Waals surface area contributed by atoms with Crippen LogP contribution >= 0.6 is 0 Å². The fourth-order valence-electron chi connectivity index (χ4n) is 7.88. The molecule has 1 aliphatic rings. The Morgan fingerprint density at radius 2 is 0.680 bits per heavy atom. The van der Waals surface area contributed by atoms with Crippen LogP contribution in [0.3, 0.4) is 0 Å². The summed E-state index contributed by atoms with van der Waals surface area (Å²) < 4.78 is 0. The fourth-order valence-corrected chi connectivity index (χ4v) is 7.88. The molecule has 9 rings (SSSR count). The van der Waals surface area contributed by atoms with Crippen molar-refractivity contribution in [3.8, 4) is 33.4 Å². The molecule has 0 saturated heterocycles. The van der Waals surface area contributed by atoms with Gasteiger partial charge in [0.05, 0.1) is 5.41 Å². The highest BCUT2D eigenvalue weighted by Gasteiger charge is 2.46. The van der Waals surface area contributed by atoms with E-state index in [-0.39, 0.29) is 0 Å².